The summed E-state index contributed by atoms with van der Waals surface area (Å²) in [6.07, 6.45) is 2.21. The molecule has 1 saturated heterocycles. The van der Waals surface area contributed by atoms with Crippen molar-refractivity contribution < 1.29 is 4.74 Å². The molecule has 0 saturated carbocycles. The van der Waals surface area contributed by atoms with Crippen molar-refractivity contribution >= 4 is 5.82 Å². The molecule has 22 heavy (non-hydrogen) atoms. The summed E-state index contributed by atoms with van der Waals surface area (Å²) in [6, 6.07) is 12.2. The molecule has 1 aliphatic rings. The van der Waals surface area contributed by atoms with E-state index < -0.39 is 0 Å². The van der Waals surface area contributed by atoms with Crippen LogP contribution in [0.3, 0.4) is 0 Å². The number of nitrogens with two attached hydrogens (primary N) is 1. The highest BCUT2D eigenvalue weighted by molar-refractivity contribution is 5.60. The molecule has 2 aromatic rings. The van der Waals surface area contributed by atoms with Gasteiger partial charge in [0.2, 0.25) is 0 Å². The minimum Gasteiger partial charge on any atom is -0.494 e. The van der Waals surface area contributed by atoms with Crippen LogP contribution in [0, 0.1) is 0 Å². The second kappa shape index (κ2) is 6.75. The van der Waals surface area contributed by atoms with Gasteiger partial charge in [0.25, 0.3) is 0 Å². The van der Waals surface area contributed by atoms with E-state index in [4.69, 9.17) is 10.5 Å². The van der Waals surface area contributed by atoms with Crippen LogP contribution >= 0.6 is 0 Å². The van der Waals surface area contributed by atoms with Crippen molar-refractivity contribution in [3.63, 3.8) is 0 Å². The van der Waals surface area contributed by atoms with Crippen molar-refractivity contribution in [1.29, 1.82) is 0 Å². The highest BCUT2D eigenvalue weighted by atomic mass is 16.5. The van der Waals surface area contributed by atoms with E-state index in [1.54, 1.807) is 0 Å². The zero-order valence-corrected chi connectivity index (χ0v) is 12.9. The lowest BCUT2D eigenvalue weighted by Gasteiger charge is -2.31. The average molecular weight is 298 g/mol. The smallest absolute Gasteiger partial charge is 0.151 e. The molecule has 1 unspecified atom stereocenters. The van der Waals surface area contributed by atoms with E-state index in [1.165, 1.54) is 0 Å². The summed E-state index contributed by atoms with van der Waals surface area (Å²) in [6.45, 7) is 4.51. The number of anilines is 1. The standard InChI is InChI=1S/C17H22N4O/c1-2-22-15-7-5-13(6-8-15)16-9-10-17(20-19-16)21-11-3-4-14(18)12-21/h5-10,14H,2-4,11-12,18H2,1H3. The molecule has 0 aliphatic carbocycles. The molecular weight excluding hydrogens is 276 g/mol. The molecule has 1 fully saturated rings. The Morgan fingerprint density at radius 3 is 2.64 bits per heavy atom. The van der Waals surface area contributed by atoms with Crippen LogP contribution in [-0.4, -0.2) is 35.9 Å². The first kappa shape index (κ1) is 14.8. The predicted octanol–water partition coefficient (Wildman–Crippen LogP) is 2.47. The number of benzene rings is 1. The fraction of sp³-hybridized carbons (Fsp3) is 0.412. The summed E-state index contributed by atoms with van der Waals surface area (Å²) in [5.74, 6) is 1.78. The average Bonchev–Trinajstić information content (AvgIpc) is 2.56. The molecule has 3 rings (SSSR count). The van der Waals surface area contributed by atoms with Crippen LogP contribution in [0.5, 0.6) is 5.75 Å². The van der Waals surface area contributed by atoms with Crippen LogP contribution < -0.4 is 15.4 Å². The van der Waals surface area contributed by atoms with Gasteiger partial charge in [-0.1, -0.05) is 0 Å². The van der Waals surface area contributed by atoms with Crippen LogP contribution in [0.4, 0.5) is 5.82 Å². The molecular formula is C17H22N4O. The normalized spacial score (nSPS) is 18.3. The SMILES string of the molecule is CCOc1ccc(-c2ccc(N3CCCC(N)C3)nn2)cc1. The van der Waals surface area contributed by atoms with E-state index in [-0.39, 0.29) is 6.04 Å². The first-order chi connectivity index (χ1) is 10.8. The molecule has 5 nitrogen and oxygen atoms in total. The molecule has 1 atom stereocenters. The highest BCUT2D eigenvalue weighted by Gasteiger charge is 2.18. The van der Waals surface area contributed by atoms with Gasteiger partial charge in [0.15, 0.2) is 5.82 Å². The summed E-state index contributed by atoms with van der Waals surface area (Å²) >= 11 is 0. The van der Waals surface area contributed by atoms with Crippen LogP contribution in [0.2, 0.25) is 0 Å². The van der Waals surface area contributed by atoms with Crippen molar-refractivity contribution in [1.82, 2.24) is 10.2 Å². The molecule has 1 aromatic carbocycles. The Morgan fingerprint density at radius 2 is 2.00 bits per heavy atom. The van der Waals surface area contributed by atoms with Gasteiger partial charge in [-0.05, 0) is 56.2 Å². The number of hydrogen-bond acceptors (Lipinski definition) is 5. The Balaban J connectivity index is 1.73. The summed E-state index contributed by atoms with van der Waals surface area (Å²) < 4.78 is 5.45. The second-order valence-corrected chi connectivity index (χ2v) is 5.58. The van der Waals surface area contributed by atoms with E-state index in [9.17, 15) is 0 Å². The Bertz CT molecular complexity index is 597. The highest BCUT2D eigenvalue weighted by Crippen LogP contribution is 2.22. The van der Waals surface area contributed by atoms with Crippen molar-refractivity contribution in [3.8, 4) is 17.0 Å². The topological polar surface area (TPSA) is 64.3 Å². The van der Waals surface area contributed by atoms with Gasteiger partial charge in [0.05, 0.1) is 12.3 Å². The van der Waals surface area contributed by atoms with Crippen molar-refractivity contribution in [2.45, 2.75) is 25.8 Å². The third-order valence-corrected chi connectivity index (χ3v) is 3.89. The second-order valence-electron chi connectivity index (χ2n) is 5.58. The first-order valence-corrected chi connectivity index (χ1v) is 7.84. The van der Waals surface area contributed by atoms with E-state index in [2.05, 4.69) is 15.1 Å². The van der Waals surface area contributed by atoms with Gasteiger partial charge in [-0.25, -0.2) is 0 Å². The Labute approximate surface area is 131 Å². The van der Waals surface area contributed by atoms with Crippen LogP contribution in [0.15, 0.2) is 36.4 Å². The summed E-state index contributed by atoms with van der Waals surface area (Å²) in [5.41, 5.74) is 7.93. The van der Waals surface area contributed by atoms with Crippen molar-refractivity contribution in [2.24, 2.45) is 5.73 Å². The van der Waals surface area contributed by atoms with E-state index in [0.717, 1.165) is 48.8 Å². The van der Waals surface area contributed by atoms with Gasteiger partial charge >= 0.3 is 0 Å². The summed E-state index contributed by atoms with van der Waals surface area (Å²) in [5, 5.41) is 8.71. The molecule has 2 heterocycles. The van der Waals surface area contributed by atoms with E-state index >= 15 is 0 Å². The van der Waals surface area contributed by atoms with Crippen LogP contribution in [0.25, 0.3) is 11.3 Å². The minimum absolute atomic E-state index is 0.237. The van der Waals surface area contributed by atoms with Crippen LogP contribution in [-0.2, 0) is 0 Å². The quantitative estimate of drug-likeness (QED) is 0.939. The number of aromatic nitrogens is 2. The lowest BCUT2D eigenvalue weighted by Crippen LogP contribution is -2.43. The molecule has 2 N–H and O–H groups in total. The molecule has 1 aliphatic heterocycles. The Hall–Kier alpha value is -2.14. The molecule has 0 amide bonds. The van der Waals surface area contributed by atoms with Crippen molar-refractivity contribution in [2.75, 3.05) is 24.6 Å². The number of nitrogens with zero attached hydrogens (tertiary/aromatic N) is 3. The molecule has 0 spiro atoms. The Morgan fingerprint density at radius 1 is 1.18 bits per heavy atom. The fourth-order valence-electron chi connectivity index (χ4n) is 2.75. The van der Waals surface area contributed by atoms with E-state index in [0.29, 0.717) is 6.61 Å². The molecule has 116 valence electrons. The molecule has 0 radical (unpaired) electrons. The number of piperidine rings is 1. The van der Waals surface area contributed by atoms with Gasteiger partial charge < -0.3 is 15.4 Å². The van der Waals surface area contributed by atoms with Gasteiger partial charge in [-0.15, -0.1) is 10.2 Å². The van der Waals surface area contributed by atoms with Gasteiger partial charge in [-0.3, -0.25) is 0 Å². The largest absolute Gasteiger partial charge is 0.494 e. The maximum atomic E-state index is 6.02. The maximum Gasteiger partial charge on any atom is 0.151 e. The zero-order valence-electron chi connectivity index (χ0n) is 12.9. The third-order valence-electron chi connectivity index (χ3n) is 3.89. The molecule has 5 heteroatoms. The number of rotatable bonds is 4. The van der Waals surface area contributed by atoms with Gasteiger partial charge in [0, 0.05) is 24.7 Å². The van der Waals surface area contributed by atoms with Crippen molar-refractivity contribution in [3.05, 3.63) is 36.4 Å². The predicted molar refractivity (Wildman–Crippen MR) is 88.1 cm³/mol. The zero-order chi connectivity index (χ0) is 15.4. The third kappa shape index (κ3) is 3.36. The van der Waals surface area contributed by atoms with Crippen LogP contribution in [0.1, 0.15) is 19.8 Å². The first-order valence-electron chi connectivity index (χ1n) is 7.84. The lowest BCUT2D eigenvalue weighted by molar-refractivity contribution is 0.340. The lowest BCUT2D eigenvalue weighted by atomic mass is 10.1. The summed E-state index contributed by atoms with van der Waals surface area (Å²) in [7, 11) is 0. The van der Waals surface area contributed by atoms with Gasteiger partial charge in [-0.2, -0.15) is 0 Å². The summed E-state index contributed by atoms with van der Waals surface area (Å²) in [4.78, 5) is 2.21. The number of hydrogen-bond donors (Lipinski definition) is 1. The molecule has 1 aromatic heterocycles. The fourth-order valence-corrected chi connectivity index (χ4v) is 2.75. The maximum absolute atomic E-state index is 6.02. The minimum atomic E-state index is 0.237. The monoisotopic (exact) mass is 298 g/mol. The number of ether oxygens (including phenoxy) is 1. The molecule has 0 bridgehead atoms. The Kier molecular flexibility index (Phi) is 4.53. The van der Waals surface area contributed by atoms with Gasteiger partial charge in [0.1, 0.15) is 5.75 Å². The van der Waals surface area contributed by atoms with E-state index in [1.807, 2.05) is 43.3 Å².